The third-order valence-corrected chi connectivity index (χ3v) is 4.38. The summed E-state index contributed by atoms with van der Waals surface area (Å²) < 4.78 is 9.97. The van der Waals surface area contributed by atoms with E-state index in [9.17, 15) is 9.59 Å². The van der Waals surface area contributed by atoms with Crippen LogP contribution in [0.2, 0.25) is 0 Å². The SMILES string of the molecule is COC(=O)C[C@@H](NC(=O)c1cc(C)ccc1OC)c1cccs1. The Hall–Kier alpha value is -2.34. The number of amides is 1. The van der Waals surface area contributed by atoms with Crippen LogP contribution in [-0.2, 0) is 9.53 Å². The van der Waals surface area contributed by atoms with Gasteiger partial charge in [-0.1, -0.05) is 17.7 Å². The molecule has 0 fully saturated rings. The molecule has 5 nitrogen and oxygen atoms in total. The summed E-state index contributed by atoms with van der Waals surface area (Å²) >= 11 is 1.48. The van der Waals surface area contributed by atoms with Gasteiger partial charge in [0.25, 0.3) is 5.91 Å². The van der Waals surface area contributed by atoms with Crippen LogP contribution in [0.5, 0.6) is 5.75 Å². The highest BCUT2D eigenvalue weighted by Crippen LogP contribution is 2.25. The van der Waals surface area contributed by atoms with Gasteiger partial charge in [-0.05, 0) is 30.5 Å². The Balaban J connectivity index is 2.24. The normalized spacial score (nSPS) is 11.6. The lowest BCUT2D eigenvalue weighted by molar-refractivity contribution is -0.141. The Morgan fingerprint density at radius 2 is 2.04 bits per heavy atom. The van der Waals surface area contributed by atoms with Crippen molar-refractivity contribution in [2.24, 2.45) is 0 Å². The minimum absolute atomic E-state index is 0.0802. The van der Waals surface area contributed by atoms with Crippen LogP contribution in [0.3, 0.4) is 0 Å². The smallest absolute Gasteiger partial charge is 0.307 e. The van der Waals surface area contributed by atoms with Crippen molar-refractivity contribution < 1.29 is 19.1 Å². The first kappa shape index (κ1) is 17.0. The van der Waals surface area contributed by atoms with E-state index in [-0.39, 0.29) is 18.3 Å². The predicted molar refractivity (Wildman–Crippen MR) is 88.9 cm³/mol. The second-order valence-electron chi connectivity index (χ2n) is 5.03. The molecule has 0 aliphatic carbocycles. The van der Waals surface area contributed by atoms with E-state index in [2.05, 4.69) is 5.32 Å². The average molecular weight is 333 g/mol. The predicted octanol–water partition coefficient (Wildman–Crippen LogP) is 3.10. The fourth-order valence-electron chi connectivity index (χ4n) is 2.20. The minimum Gasteiger partial charge on any atom is -0.496 e. The number of esters is 1. The lowest BCUT2D eigenvalue weighted by atomic mass is 10.1. The van der Waals surface area contributed by atoms with Crippen LogP contribution in [0, 0.1) is 6.92 Å². The first-order valence-electron chi connectivity index (χ1n) is 7.11. The van der Waals surface area contributed by atoms with Crippen molar-refractivity contribution in [1.29, 1.82) is 0 Å². The van der Waals surface area contributed by atoms with E-state index in [1.54, 1.807) is 12.1 Å². The average Bonchev–Trinajstić information content (AvgIpc) is 3.08. The number of ether oxygens (including phenoxy) is 2. The van der Waals surface area contributed by atoms with Crippen molar-refractivity contribution in [2.75, 3.05) is 14.2 Å². The summed E-state index contributed by atoms with van der Waals surface area (Å²) in [5.41, 5.74) is 1.40. The maximum Gasteiger partial charge on any atom is 0.307 e. The van der Waals surface area contributed by atoms with Crippen molar-refractivity contribution >= 4 is 23.2 Å². The Morgan fingerprint density at radius 1 is 1.26 bits per heavy atom. The van der Waals surface area contributed by atoms with E-state index in [0.717, 1.165) is 10.4 Å². The maximum absolute atomic E-state index is 12.6. The molecule has 0 aliphatic rings. The molecule has 1 aromatic heterocycles. The molecule has 0 unspecified atom stereocenters. The molecule has 2 aromatic rings. The van der Waals surface area contributed by atoms with Crippen LogP contribution >= 0.6 is 11.3 Å². The summed E-state index contributed by atoms with van der Waals surface area (Å²) in [7, 11) is 2.85. The Morgan fingerprint density at radius 3 is 2.65 bits per heavy atom. The monoisotopic (exact) mass is 333 g/mol. The van der Waals surface area contributed by atoms with Gasteiger partial charge in [0.15, 0.2) is 0 Å². The highest BCUT2D eigenvalue weighted by Gasteiger charge is 2.22. The molecule has 6 heteroatoms. The van der Waals surface area contributed by atoms with E-state index >= 15 is 0 Å². The molecular formula is C17H19NO4S. The standard InChI is InChI=1S/C17H19NO4S/c1-11-6-7-14(21-2)12(9-11)17(20)18-13(10-16(19)22-3)15-5-4-8-23-15/h4-9,13H,10H2,1-3H3,(H,18,20)/t13-/m1/s1. The molecule has 1 aromatic carbocycles. The zero-order valence-electron chi connectivity index (χ0n) is 13.3. The molecular weight excluding hydrogens is 314 g/mol. The first-order valence-corrected chi connectivity index (χ1v) is 7.99. The van der Waals surface area contributed by atoms with E-state index < -0.39 is 6.04 Å². The van der Waals surface area contributed by atoms with Crippen LogP contribution in [-0.4, -0.2) is 26.1 Å². The molecule has 0 aliphatic heterocycles. The number of methoxy groups -OCH3 is 2. The van der Waals surface area contributed by atoms with Crippen molar-refractivity contribution in [3.8, 4) is 5.75 Å². The maximum atomic E-state index is 12.6. The quantitative estimate of drug-likeness (QED) is 0.825. The lowest BCUT2D eigenvalue weighted by Gasteiger charge is -2.17. The van der Waals surface area contributed by atoms with Gasteiger partial charge in [-0.2, -0.15) is 0 Å². The molecule has 23 heavy (non-hydrogen) atoms. The van der Waals surface area contributed by atoms with Crippen LogP contribution in [0.25, 0.3) is 0 Å². The summed E-state index contributed by atoms with van der Waals surface area (Å²) in [6, 6.07) is 8.72. The summed E-state index contributed by atoms with van der Waals surface area (Å²) in [6.45, 7) is 1.90. The van der Waals surface area contributed by atoms with E-state index in [1.165, 1.54) is 25.6 Å². The largest absolute Gasteiger partial charge is 0.496 e. The highest BCUT2D eigenvalue weighted by atomic mass is 32.1. The number of thiophene rings is 1. The number of aryl methyl sites for hydroxylation is 1. The fraction of sp³-hybridized carbons (Fsp3) is 0.294. The third-order valence-electron chi connectivity index (χ3n) is 3.39. The summed E-state index contributed by atoms with van der Waals surface area (Å²) in [6.07, 6.45) is 0.0802. The van der Waals surface area contributed by atoms with Crippen molar-refractivity contribution in [2.45, 2.75) is 19.4 Å². The van der Waals surface area contributed by atoms with E-state index in [1.807, 2.05) is 30.5 Å². The van der Waals surface area contributed by atoms with E-state index in [4.69, 9.17) is 9.47 Å². The van der Waals surface area contributed by atoms with Gasteiger partial charge in [0.2, 0.25) is 0 Å². The molecule has 0 bridgehead atoms. The van der Waals surface area contributed by atoms with Gasteiger partial charge in [-0.3, -0.25) is 9.59 Å². The molecule has 1 atom stereocenters. The fourth-order valence-corrected chi connectivity index (χ4v) is 2.98. The molecule has 0 saturated carbocycles. The van der Waals surface area contributed by atoms with Crippen LogP contribution < -0.4 is 10.1 Å². The van der Waals surface area contributed by atoms with Gasteiger partial charge in [-0.25, -0.2) is 0 Å². The number of nitrogens with one attached hydrogen (secondary N) is 1. The lowest BCUT2D eigenvalue weighted by Crippen LogP contribution is -2.30. The van der Waals surface area contributed by atoms with Crippen LogP contribution in [0.4, 0.5) is 0 Å². The van der Waals surface area contributed by atoms with Crippen molar-refractivity contribution in [3.05, 3.63) is 51.7 Å². The second-order valence-corrected chi connectivity index (χ2v) is 6.00. The zero-order valence-corrected chi connectivity index (χ0v) is 14.1. The number of hydrogen-bond donors (Lipinski definition) is 1. The summed E-state index contributed by atoms with van der Waals surface area (Å²) in [5, 5.41) is 4.80. The van der Waals surface area contributed by atoms with Gasteiger partial charge in [0.1, 0.15) is 5.75 Å². The van der Waals surface area contributed by atoms with E-state index in [0.29, 0.717) is 11.3 Å². The first-order chi connectivity index (χ1) is 11.0. The molecule has 2 rings (SSSR count). The Kier molecular flexibility index (Phi) is 5.76. The minimum atomic E-state index is -0.430. The van der Waals surface area contributed by atoms with Crippen molar-refractivity contribution in [3.63, 3.8) is 0 Å². The molecule has 1 heterocycles. The summed E-state index contributed by atoms with van der Waals surface area (Å²) in [5.74, 6) is -0.163. The topological polar surface area (TPSA) is 64.6 Å². The molecule has 122 valence electrons. The van der Waals surface area contributed by atoms with Gasteiger partial charge in [0.05, 0.1) is 32.2 Å². The molecule has 1 N–H and O–H groups in total. The third kappa shape index (κ3) is 4.32. The van der Waals surface area contributed by atoms with Crippen LogP contribution in [0.15, 0.2) is 35.7 Å². The Bertz CT molecular complexity index is 682. The van der Waals surface area contributed by atoms with Gasteiger partial charge < -0.3 is 14.8 Å². The van der Waals surface area contributed by atoms with Gasteiger partial charge in [-0.15, -0.1) is 11.3 Å². The van der Waals surface area contributed by atoms with Crippen molar-refractivity contribution in [1.82, 2.24) is 5.32 Å². The molecule has 1 amide bonds. The number of carbonyl (C=O) groups is 2. The van der Waals surface area contributed by atoms with Crippen LogP contribution in [0.1, 0.15) is 33.3 Å². The van der Waals surface area contributed by atoms with Gasteiger partial charge >= 0.3 is 5.97 Å². The second kappa shape index (κ2) is 7.78. The number of carbonyl (C=O) groups excluding carboxylic acids is 2. The van der Waals surface area contributed by atoms with Gasteiger partial charge in [0, 0.05) is 4.88 Å². The molecule has 0 spiro atoms. The molecule has 0 radical (unpaired) electrons. The highest BCUT2D eigenvalue weighted by molar-refractivity contribution is 7.10. The number of hydrogen-bond acceptors (Lipinski definition) is 5. The Labute approximate surface area is 139 Å². The number of benzene rings is 1. The summed E-state index contributed by atoms with van der Waals surface area (Å²) in [4.78, 5) is 25.1. The molecule has 0 saturated heterocycles. The number of rotatable bonds is 6. The zero-order chi connectivity index (χ0) is 16.8.